The zero-order valence-corrected chi connectivity index (χ0v) is 13.3. The molecule has 0 saturated heterocycles. The Labute approximate surface area is 118 Å². The van der Waals surface area contributed by atoms with Gasteiger partial charge < -0.3 is 4.52 Å². The molecule has 0 aliphatic heterocycles. The van der Waals surface area contributed by atoms with Crippen molar-refractivity contribution in [1.29, 1.82) is 0 Å². The second-order valence-electron chi connectivity index (χ2n) is 3.43. The number of hydrogen-bond donors (Lipinski definition) is 0. The second-order valence-corrected chi connectivity index (χ2v) is 6.05. The van der Waals surface area contributed by atoms with Gasteiger partial charge in [-0.2, -0.15) is 0 Å². The van der Waals surface area contributed by atoms with E-state index in [2.05, 4.69) is 74.4 Å². The molecule has 0 amide bonds. The summed E-state index contributed by atoms with van der Waals surface area (Å²) in [4.78, 5) is 0. The smallest absolute Gasteiger partial charge is 0.0793 e. The van der Waals surface area contributed by atoms with Gasteiger partial charge in [0, 0.05) is 4.47 Å². The summed E-state index contributed by atoms with van der Waals surface area (Å²) in [7, 11) is 0. The molecule has 0 radical (unpaired) electrons. The fourth-order valence-electron chi connectivity index (χ4n) is 1.78. The average molecular weight is 409 g/mol. The van der Waals surface area contributed by atoms with Crippen LogP contribution in [0.1, 0.15) is 5.56 Å². The largest absolute Gasteiger partial charge is 0.351 e. The zero-order chi connectivity index (χ0) is 11.4. The van der Waals surface area contributed by atoms with E-state index in [4.69, 9.17) is 4.52 Å². The van der Waals surface area contributed by atoms with E-state index in [9.17, 15) is 0 Å². The molecule has 0 saturated carbocycles. The summed E-state index contributed by atoms with van der Waals surface area (Å²) in [5.41, 5.74) is 1.35. The van der Waals surface area contributed by atoms with Crippen LogP contribution in [0.4, 0.5) is 0 Å². The Bertz CT molecular complexity index is 484. The van der Waals surface area contributed by atoms with Crippen molar-refractivity contribution in [2.45, 2.75) is 6.42 Å². The number of hydrogen-bond acceptors (Lipinski definition) is 1. The zero-order valence-electron chi connectivity index (χ0n) is 8.54. The van der Waals surface area contributed by atoms with Gasteiger partial charge in [0.25, 0.3) is 0 Å². The lowest BCUT2D eigenvalue weighted by molar-refractivity contribution is 0.376. The highest BCUT2D eigenvalue weighted by Gasteiger charge is 2.04. The van der Waals surface area contributed by atoms with Gasteiger partial charge in [0.2, 0.25) is 0 Å². The molecule has 0 aliphatic carbocycles. The SMILES string of the molecule is Brc1cccc2cccc(CCOPI)c12. The Hall–Kier alpha value is 0.300. The maximum absolute atomic E-state index is 5.43. The molecule has 1 unspecified atom stereocenters. The van der Waals surface area contributed by atoms with E-state index >= 15 is 0 Å². The van der Waals surface area contributed by atoms with Gasteiger partial charge >= 0.3 is 0 Å². The minimum absolute atomic E-state index is 0.542. The highest BCUT2D eigenvalue weighted by molar-refractivity contribution is 14.2. The quantitative estimate of drug-likeness (QED) is 0.388. The molecule has 2 rings (SSSR count). The molecule has 1 atom stereocenters. The summed E-state index contributed by atoms with van der Waals surface area (Å²) >= 11 is 5.87. The van der Waals surface area contributed by atoms with Crippen molar-refractivity contribution in [2.75, 3.05) is 6.61 Å². The van der Waals surface area contributed by atoms with Crippen LogP contribution in [-0.2, 0) is 10.9 Å². The first kappa shape index (κ1) is 12.7. The van der Waals surface area contributed by atoms with E-state index in [-0.39, 0.29) is 0 Å². The molecule has 0 fully saturated rings. The Morgan fingerprint density at radius 1 is 1.19 bits per heavy atom. The minimum Gasteiger partial charge on any atom is -0.351 e. The van der Waals surface area contributed by atoms with Gasteiger partial charge in [0.1, 0.15) is 0 Å². The summed E-state index contributed by atoms with van der Waals surface area (Å²) in [6.07, 6.45) is 0.968. The first-order valence-corrected chi connectivity index (χ1v) is 9.78. The Balaban J connectivity index is 2.37. The van der Waals surface area contributed by atoms with Crippen molar-refractivity contribution >= 4 is 55.2 Å². The molecule has 1 nitrogen and oxygen atoms in total. The van der Waals surface area contributed by atoms with Crippen LogP contribution in [0.5, 0.6) is 0 Å². The van der Waals surface area contributed by atoms with Crippen LogP contribution in [0.25, 0.3) is 10.8 Å². The first-order valence-electron chi connectivity index (χ1n) is 4.96. The molecule has 0 heterocycles. The van der Waals surface area contributed by atoms with E-state index in [0.717, 1.165) is 17.5 Å². The topological polar surface area (TPSA) is 9.23 Å². The molecule has 0 aromatic heterocycles. The van der Waals surface area contributed by atoms with Crippen LogP contribution in [0.2, 0.25) is 0 Å². The van der Waals surface area contributed by atoms with Crippen LogP contribution in [0, 0.1) is 0 Å². The first-order chi connectivity index (χ1) is 7.83. The van der Waals surface area contributed by atoms with E-state index in [1.165, 1.54) is 16.3 Å². The van der Waals surface area contributed by atoms with Gasteiger partial charge in [-0.15, -0.1) is 0 Å². The molecule has 0 spiro atoms. The molecule has 2 aromatic carbocycles. The summed E-state index contributed by atoms with van der Waals surface area (Å²) < 4.78 is 6.59. The van der Waals surface area contributed by atoms with Crippen molar-refractivity contribution in [3.8, 4) is 0 Å². The fourth-order valence-corrected chi connectivity index (χ4v) is 3.25. The van der Waals surface area contributed by atoms with Gasteiger partial charge in [0.05, 0.1) is 13.1 Å². The molecule has 16 heavy (non-hydrogen) atoms. The van der Waals surface area contributed by atoms with Crippen molar-refractivity contribution in [1.82, 2.24) is 0 Å². The number of benzene rings is 2. The summed E-state index contributed by atoms with van der Waals surface area (Å²) in [6.45, 7) is 1.34. The predicted molar refractivity (Wildman–Crippen MR) is 83.6 cm³/mol. The van der Waals surface area contributed by atoms with Crippen LogP contribution in [-0.4, -0.2) is 6.61 Å². The van der Waals surface area contributed by atoms with Crippen molar-refractivity contribution in [3.63, 3.8) is 0 Å². The minimum atomic E-state index is 0.542. The third-order valence-corrected chi connectivity index (χ3v) is 4.38. The van der Waals surface area contributed by atoms with Crippen molar-refractivity contribution in [2.24, 2.45) is 0 Å². The Kier molecular flexibility index (Phi) is 5.01. The lowest BCUT2D eigenvalue weighted by atomic mass is 10.0. The van der Waals surface area contributed by atoms with Crippen molar-refractivity contribution in [3.05, 3.63) is 46.4 Å². The van der Waals surface area contributed by atoms with Crippen molar-refractivity contribution < 1.29 is 4.52 Å². The highest BCUT2D eigenvalue weighted by atomic mass is 127. The molecule has 84 valence electrons. The maximum atomic E-state index is 5.43. The van der Waals surface area contributed by atoms with Gasteiger partial charge in [-0.05, 0) is 50.9 Å². The van der Waals surface area contributed by atoms with Gasteiger partial charge in [-0.25, -0.2) is 0 Å². The Morgan fingerprint density at radius 2 is 1.94 bits per heavy atom. The van der Waals surface area contributed by atoms with Crippen LogP contribution < -0.4 is 0 Å². The number of fused-ring (bicyclic) bond motifs is 1. The van der Waals surface area contributed by atoms with Crippen LogP contribution in [0.3, 0.4) is 0 Å². The van der Waals surface area contributed by atoms with E-state index in [1.54, 1.807) is 0 Å². The molecule has 4 heteroatoms. The lowest BCUT2D eigenvalue weighted by Gasteiger charge is -2.08. The van der Waals surface area contributed by atoms with Gasteiger partial charge in [-0.3, -0.25) is 0 Å². The fraction of sp³-hybridized carbons (Fsp3) is 0.167. The van der Waals surface area contributed by atoms with Gasteiger partial charge in [0.15, 0.2) is 0 Å². The average Bonchev–Trinajstić information content (AvgIpc) is 2.30. The molecule has 0 aliphatic rings. The molecular weight excluding hydrogens is 398 g/mol. The molecular formula is C12H11BrIOP. The summed E-state index contributed by atoms with van der Waals surface area (Å²) in [6, 6.07) is 12.7. The van der Waals surface area contributed by atoms with Gasteiger partial charge in [-0.1, -0.05) is 46.3 Å². The highest BCUT2D eigenvalue weighted by Crippen LogP contribution is 2.28. The molecule has 0 N–H and O–H groups in total. The summed E-state index contributed by atoms with van der Waals surface area (Å²) in [5, 5.41) is 2.59. The van der Waals surface area contributed by atoms with E-state index in [1.807, 2.05) is 0 Å². The number of rotatable bonds is 4. The lowest BCUT2D eigenvalue weighted by Crippen LogP contribution is -1.93. The van der Waals surface area contributed by atoms with E-state index in [0.29, 0.717) is 6.45 Å². The Morgan fingerprint density at radius 3 is 2.69 bits per heavy atom. The standard InChI is InChI=1S/C12H11BrIOP/c13-11-6-2-5-9-3-1-4-10(12(9)11)7-8-15-16-14/h1-6,16H,7-8H2. The van der Waals surface area contributed by atoms with Crippen LogP contribution >= 0.6 is 44.4 Å². The molecule has 2 aromatic rings. The van der Waals surface area contributed by atoms with Crippen LogP contribution in [0.15, 0.2) is 40.9 Å². The summed E-state index contributed by atoms with van der Waals surface area (Å²) in [5.74, 6) is 0. The third-order valence-electron chi connectivity index (χ3n) is 2.47. The monoisotopic (exact) mass is 408 g/mol. The third kappa shape index (κ3) is 2.95. The second kappa shape index (κ2) is 6.29. The maximum Gasteiger partial charge on any atom is 0.0793 e. The van der Waals surface area contributed by atoms with E-state index < -0.39 is 0 Å². The predicted octanol–water partition coefficient (Wildman–Crippen LogP) is 5.10. The normalized spacial score (nSPS) is 11.6. The number of halogens is 2. The molecule has 0 bridgehead atoms.